The van der Waals surface area contributed by atoms with E-state index >= 15 is 0 Å². The number of hydrogen-bond acceptors (Lipinski definition) is 3. The van der Waals surface area contributed by atoms with Crippen molar-refractivity contribution in [1.29, 1.82) is 0 Å². The molecule has 1 aliphatic rings. The van der Waals surface area contributed by atoms with E-state index in [2.05, 4.69) is 25.8 Å². The summed E-state index contributed by atoms with van der Waals surface area (Å²) >= 11 is 3.53. The lowest BCUT2D eigenvalue weighted by molar-refractivity contribution is 0.175. The normalized spacial score (nSPS) is 22.4. The van der Waals surface area contributed by atoms with Crippen molar-refractivity contribution < 1.29 is 5.11 Å². The molecule has 0 bridgehead atoms. The van der Waals surface area contributed by atoms with Crippen molar-refractivity contribution in [3.05, 3.63) is 22.8 Å². The predicted octanol–water partition coefficient (Wildman–Crippen LogP) is 2.58. The van der Waals surface area contributed by atoms with E-state index in [1.54, 1.807) is 0 Å². The summed E-state index contributed by atoms with van der Waals surface area (Å²) in [4.78, 5) is 6.72. The lowest BCUT2D eigenvalue weighted by Gasteiger charge is -2.27. The predicted molar refractivity (Wildman–Crippen MR) is 68.6 cm³/mol. The molecule has 1 fully saturated rings. The molecule has 4 heteroatoms. The first-order valence-electron chi connectivity index (χ1n) is 5.73. The first kappa shape index (κ1) is 11.9. The molecule has 2 heterocycles. The Kier molecular flexibility index (Phi) is 3.82. The Balaban J connectivity index is 2.17. The van der Waals surface area contributed by atoms with E-state index < -0.39 is 0 Å². The molecule has 0 aromatic carbocycles. The van der Waals surface area contributed by atoms with Crippen LogP contribution >= 0.6 is 15.9 Å². The van der Waals surface area contributed by atoms with Crippen LogP contribution in [0.3, 0.4) is 0 Å². The molecule has 3 nitrogen and oxygen atoms in total. The van der Waals surface area contributed by atoms with Crippen molar-refractivity contribution in [3.63, 3.8) is 0 Å². The van der Waals surface area contributed by atoms with Gasteiger partial charge in [0.1, 0.15) is 5.82 Å². The standard InChI is InChI=1S/C12H17BrN2O/c1-9(16)8-10-4-3-7-15(10)12-11(13)5-2-6-14-12/h2,5-6,9-10,16H,3-4,7-8H2,1H3. The molecule has 2 atom stereocenters. The second-order valence-corrected chi connectivity index (χ2v) is 5.24. The maximum absolute atomic E-state index is 9.49. The van der Waals surface area contributed by atoms with Gasteiger partial charge in [-0.05, 0) is 54.2 Å². The summed E-state index contributed by atoms with van der Waals surface area (Å²) in [6, 6.07) is 4.36. The van der Waals surface area contributed by atoms with Crippen molar-refractivity contribution in [3.8, 4) is 0 Å². The Morgan fingerprint density at radius 2 is 2.50 bits per heavy atom. The van der Waals surface area contributed by atoms with E-state index in [4.69, 9.17) is 0 Å². The molecule has 2 unspecified atom stereocenters. The van der Waals surface area contributed by atoms with Gasteiger partial charge in [-0.25, -0.2) is 4.98 Å². The Morgan fingerprint density at radius 3 is 3.19 bits per heavy atom. The van der Waals surface area contributed by atoms with E-state index in [9.17, 15) is 5.11 Å². The maximum Gasteiger partial charge on any atom is 0.143 e. The molecule has 1 aromatic heterocycles. The number of anilines is 1. The topological polar surface area (TPSA) is 36.4 Å². The molecular formula is C12H17BrN2O. The second-order valence-electron chi connectivity index (χ2n) is 4.38. The Bertz CT molecular complexity index is 357. The highest BCUT2D eigenvalue weighted by Crippen LogP contribution is 2.31. The van der Waals surface area contributed by atoms with E-state index in [-0.39, 0.29) is 6.10 Å². The van der Waals surface area contributed by atoms with Gasteiger partial charge in [-0.15, -0.1) is 0 Å². The largest absolute Gasteiger partial charge is 0.393 e. The summed E-state index contributed by atoms with van der Waals surface area (Å²) in [5.41, 5.74) is 0. The minimum atomic E-state index is -0.243. The number of aliphatic hydroxyl groups excluding tert-OH is 1. The quantitative estimate of drug-likeness (QED) is 0.927. The first-order valence-corrected chi connectivity index (χ1v) is 6.53. The van der Waals surface area contributed by atoms with Crippen LogP contribution in [-0.2, 0) is 0 Å². The third-order valence-corrected chi connectivity index (χ3v) is 3.62. The van der Waals surface area contributed by atoms with Crippen molar-refractivity contribution in [1.82, 2.24) is 4.98 Å². The van der Waals surface area contributed by atoms with E-state index in [0.29, 0.717) is 6.04 Å². The fraction of sp³-hybridized carbons (Fsp3) is 0.583. The molecule has 0 radical (unpaired) electrons. The van der Waals surface area contributed by atoms with Crippen LogP contribution in [-0.4, -0.2) is 28.8 Å². The second kappa shape index (κ2) is 5.15. The van der Waals surface area contributed by atoms with Crippen molar-refractivity contribution in [2.45, 2.75) is 38.3 Å². The molecule has 0 spiro atoms. The molecule has 0 saturated carbocycles. The Labute approximate surface area is 105 Å². The molecule has 1 N–H and O–H groups in total. The number of aliphatic hydroxyl groups is 1. The highest BCUT2D eigenvalue weighted by Gasteiger charge is 2.27. The van der Waals surface area contributed by atoms with Gasteiger partial charge in [0.05, 0.1) is 10.6 Å². The fourth-order valence-corrected chi connectivity index (χ4v) is 2.82. The average molecular weight is 285 g/mol. The van der Waals surface area contributed by atoms with Crippen LogP contribution in [0.5, 0.6) is 0 Å². The van der Waals surface area contributed by atoms with Crippen LogP contribution in [0.4, 0.5) is 5.82 Å². The molecule has 1 aliphatic heterocycles. The van der Waals surface area contributed by atoms with Gasteiger partial charge in [-0.3, -0.25) is 0 Å². The van der Waals surface area contributed by atoms with Gasteiger partial charge < -0.3 is 10.0 Å². The zero-order chi connectivity index (χ0) is 11.5. The van der Waals surface area contributed by atoms with Gasteiger partial charge >= 0.3 is 0 Å². The number of rotatable bonds is 3. The van der Waals surface area contributed by atoms with Crippen LogP contribution < -0.4 is 4.90 Å². The Morgan fingerprint density at radius 1 is 1.69 bits per heavy atom. The van der Waals surface area contributed by atoms with Crippen LogP contribution in [0.25, 0.3) is 0 Å². The van der Waals surface area contributed by atoms with Gasteiger partial charge in [0.15, 0.2) is 0 Å². The van der Waals surface area contributed by atoms with Crippen LogP contribution in [0.1, 0.15) is 26.2 Å². The Hall–Kier alpha value is -0.610. The fourth-order valence-electron chi connectivity index (χ4n) is 2.34. The zero-order valence-corrected chi connectivity index (χ0v) is 11.0. The summed E-state index contributed by atoms with van der Waals surface area (Å²) in [6.45, 7) is 2.89. The molecular weight excluding hydrogens is 268 g/mol. The highest BCUT2D eigenvalue weighted by molar-refractivity contribution is 9.10. The number of nitrogens with zero attached hydrogens (tertiary/aromatic N) is 2. The van der Waals surface area contributed by atoms with Gasteiger partial charge in [0.2, 0.25) is 0 Å². The van der Waals surface area contributed by atoms with Crippen molar-refractivity contribution in [2.24, 2.45) is 0 Å². The van der Waals surface area contributed by atoms with Gasteiger partial charge in [-0.2, -0.15) is 0 Å². The summed E-state index contributed by atoms with van der Waals surface area (Å²) in [7, 11) is 0. The number of halogens is 1. The van der Waals surface area contributed by atoms with Crippen LogP contribution in [0.2, 0.25) is 0 Å². The number of pyridine rings is 1. The minimum Gasteiger partial charge on any atom is -0.393 e. The smallest absolute Gasteiger partial charge is 0.143 e. The summed E-state index contributed by atoms with van der Waals surface area (Å²) in [6.07, 6.45) is 4.72. The first-order chi connectivity index (χ1) is 7.68. The van der Waals surface area contributed by atoms with Gasteiger partial charge in [0.25, 0.3) is 0 Å². The lowest BCUT2D eigenvalue weighted by Crippen LogP contribution is -2.32. The lowest BCUT2D eigenvalue weighted by atomic mass is 10.1. The minimum absolute atomic E-state index is 0.243. The third kappa shape index (κ3) is 2.55. The van der Waals surface area contributed by atoms with Crippen molar-refractivity contribution >= 4 is 21.7 Å². The monoisotopic (exact) mass is 284 g/mol. The van der Waals surface area contributed by atoms with E-state index in [1.165, 1.54) is 6.42 Å². The summed E-state index contributed by atoms with van der Waals surface area (Å²) < 4.78 is 1.03. The molecule has 0 aliphatic carbocycles. The summed E-state index contributed by atoms with van der Waals surface area (Å²) in [5.74, 6) is 1.01. The van der Waals surface area contributed by atoms with Crippen LogP contribution in [0.15, 0.2) is 22.8 Å². The number of hydrogen-bond donors (Lipinski definition) is 1. The van der Waals surface area contributed by atoms with E-state index in [1.807, 2.05) is 25.3 Å². The van der Waals surface area contributed by atoms with Crippen molar-refractivity contribution in [2.75, 3.05) is 11.4 Å². The highest BCUT2D eigenvalue weighted by atomic mass is 79.9. The SMILES string of the molecule is CC(O)CC1CCCN1c1ncccc1Br. The molecule has 88 valence electrons. The zero-order valence-electron chi connectivity index (χ0n) is 9.43. The van der Waals surface area contributed by atoms with Gasteiger partial charge in [0, 0.05) is 18.8 Å². The molecule has 2 rings (SSSR count). The molecule has 1 saturated heterocycles. The molecule has 1 aromatic rings. The molecule has 0 amide bonds. The van der Waals surface area contributed by atoms with Crippen LogP contribution in [0, 0.1) is 0 Å². The molecule has 16 heavy (non-hydrogen) atoms. The number of aromatic nitrogens is 1. The van der Waals surface area contributed by atoms with Gasteiger partial charge in [-0.1, -0.05) is 0 Å². The summed E-state index contributed by atoms with van der Waals surface area (Å²) in [5, 5.41) is 9.49. The van der Waals surface area contributed by atoms with E-state index in [0.717, 1.165) is 29.7 Å². The maximum atomic E-state index is 9.49. The third-order valence-electron chi connectivity index (χ3n) is 3.00. The average Bonchev–Trinajstić information content (AvgIpc) is 2.66.